The highest BCUT2D eigenvalue weighted by Gasteiger charge is 2.35. The first-order valence-electron chi connectivity index (χ1n) is 8.47. The lowest BCUT2D eigenvalue weighted by molar-refractivity contribution is -0.137. The van der Waals surface area contributed by atoms with Crippen LogP contribution in [-0.2, 0) is 6.18 Å². The zero-order valence-electron chi connectivity index (χ0n) is 14.3. The molecule has 3 aromatic heterocycles. The number of aromatic nitrogens is 8. The number of benzene rings is 1. The third-order valence-electron chi connectivity index (χ3n) is 4.63. The lowest BCUT2D eigenvalue weighted by Crippen LogP contribution is -2.44. The Bertz CT molecular complexity index is 1140. The Morgan fingerprint density at radius 3 is 2.64 bits per heavy atom. The molecule has 0 amide bonds. The molecule has 1 aliphatic rings. The van der Waals surface area contributed by atoms with Gasteiger partial charge in [-0.25, -0.2) is 9.97 Å². The maximum Gasteiger partial charge on any atom is 0.417 e. The third-order valence-corrected chi connectivity index (χ3v) is 4.63. The van der Waals surface area contributed by atoms with Crippen LogP contribution in [0.25, 0.3) is 28.1 Å². The molecule has 5 rings (SSSR count). The Balaban J connectivity index is 1.81. The van der Waals surface area contributed by atoms with E-state index in [0.29, 0.717) is 30.1 Å². The van der Waals surface area contributed by atoms with Gasteiger partial charge in [-0.05, 0) is 22.6 Å². The summed E-state index contributed by atoms with van der Waals surface area (Å²) in [6.07, 6.45) is -3.45. The highest BCUT2D eigenvalue weighted by atomic mass is 19.4. The van der Waals surface area contributed by atoms with Crippen molar-refractivity contribution in [2.75, 3.05) is 31.1 Å². The van der Waals surface area contributed by atoms with Crippen LogP contribution in [0.15, 0.2) is 18.5 Å². The second-order valence-corrected chi connectivity index (χ2v) is 6.31. The highest BCUT2D eigenvalue weighted by molar-refractivity contribution is 5.87. The third kappa shape index (κ3) is 2.62. The van der Waals surface area contributed by atoms with Crippen LogP contribution >= 0.6 is 0 Å². The van der Waals surface area contributed by atoms with Crippen molar-refractivity contribution in [1.82, 2.24) is 45.5 Å². The van der Waals surface area contributed by atoms with Crippen LogP contribution in [0.4, 0.5) is 19.0 Å². The van der Waals surface area contributed by atoms with Gasteiger partial charge in [-0.1, -0.05) is 0 Å². The molecule has 4 heterocycles. The van der Waals surface area contributed by atoms with Gasteiger partial charge in [0, 0.05) is 31.7 Å². The van der Waals surface area contributed by atoms with Gasteiger partial charge < -0.3 is 10.2 Å². The number of piperazine rings is 1. The minimum absolute atomic E-state index is 0.0107. The number of nitrogens with one attached hydrogen (secondary N) is 2. The molecule has 10 nitrogen and oxygen atoms in total. The van der Waals surface area contributed by atoms with Crippen LogP contribution in [0, 0.1) is 0 Å². The van der Waals surface area contributed by atoms with Crippen LogP contribution in [0.3, 0.4) is 0 Å². The molecule has 0 bridgehead atoms. The number of halogens is 3. The number of hydrogen-bond donors (Lipinski definition) is 2. The number of H-pyrrole nitrogens is 1. The largest absolute Gasteiger partial charge is 0.417 e. The van der Waals surface area contributed by atoms with E-state index in [4.69, 9.17) is 0 Å². The van der Waals surface area contributed by atoms with E-state index in [1.807, 2.05) is 4.90 Å². The van der Waals surface area contributed by atoms with Crippen LogP contribution in [0.2, 0.25) is 0 Å². The monoisotopic (exact) mass is 390 g/mol. The highest BCUT2D eigenvalue weighted by Crippen LogP contribution is 2.38. The average molecular weight is 390 g/mol. The Labute approximate surface area is 154 Å². The number of tetrazole rings is 1. The standard InChI is InChI=1S/C15H13F3N10/c16-15(17,18)9-6-11-10(5-8(9)12-20-7-21-23-12)22-13(14-24-25-26-28(11)14)27-3-1-19-2-4-27/h5-7,19H,1-4H2,(H,20,21,23). The van der Waals surface area contributed by atoms with E-state index >= 15 is 0 Å². The molecule has 28 heavy (non-hydrogen) atoms. The summed E-state index contributed by atoms with van der Waals surface area (Å²) in [5, 5.41) is 20.9. The minimum Gasteiger partial charge on any atom is -0.351 e. The van der Waals surface area contributed by atoms with Crippen molar-refractivity contribution in [3.05, 3.63) is 24.0 Å². The summed E-state index contributed by atoms with van der Waals surface area (Å²) in [5.74, 6) is 0.541. The van der Waals surface area contributed by atoms with Gasteiger partial charge >= 0.3 is 6.18 Å². The molecule has 0 radical (unpaired) electrons. The Kier molecular flexibility index (Phi) is 3.65. The first-order valence-corrected chi connectivity index (χ1v) is 8.47. The summed E-state index contributed by atoms with van der Waals surface area (Å²) >= 11 is 0. The zero-order valence-corrected chi connectivity index (χ0v) is 14.3. The van der Waals surface area contributed by atoms with E-state index in [9.17, 15) is 13.2 Å². The van der Waals surface area contributed by atoms with Crippen LogP contribution in [0.5, 0.6) is 0 Å². The summed E-state index contributed by atoms with van der Waals surface area (Å²) in [7, 11) is 0. The SMILES string of the molecule is FC(F)(F)c1cc2c(cc1-c1ncn[nH]1)nc(N1CCNCC1)c1nnnn12. The minimum atomic E-state index is -4.60. The predicted octanol–water partition coefficient (Wildman–Crippen LogP) is 0.886. The van der Waals surface area contributed by atoms with Crippen molar-refractivity contribution in [3.63, 3.8) is 0 Å². The van der Waals surface area contributed by atoms with Crippen molar-refractivity contribution in [3.8, 4) is 11.4 Å². The van der Waals surface area contributed by atoms with Crippen molar-refractivity contribution >= 4 is 22.5 Å². The number of nitrogens with zero attached hydrogens (tertiary/aromatic N) is 8. The summed E-state index contributed by atoms with van der Waals surface area (Å²) in [6.45, 7) is 2.92. The summed E-state index contributed by atoms with van der Waals surface area (Å²) in [6, 6.07) is 2.33. The second kappa shape index (κ2) is 6.09. The fraction of sp³-hybridized carbons (Fsp3) is 0.333. The van der Waals surface area contributed by atoms with Gasteiger partial charge in [-0.3, -0.25) is 5.10 Å². The maximum absolute atomic E-state index is 13.7. The number of rotatable bonds is 2. The molecule has 0 spiro atoms. The quantitative estimate of drug-likeness (QED) is 0.519. The Morgan fingerprint density at radius 2 is 1.93 bits per heavy atom. The molecular formula is C15H13F3N10. The van der Waals surface area contributed by atoms with E-state index in [-0.39, 0.29) is 16.9 Å². The first-order chi connectivity index (χ1) is 13.5. The first kappa shape index (κ1) is 16.8. The van der Waals surface area contributed by atoms with E-state index < -0.39 is 11.7 Å². The molecule has 0 saturated carbocycles. The van der Waals surface area contributed by atoms with Gasteiger partial charge in [0.05, 0.1) is 16.6 Å². The molecule has 4 aromatic rings. The lowest BCUT2D eigenvalue weighted by Gasteiger charge is -2.28. The maximum atomic E-state index is 13.7. The van der Waals surface area contributed by atoms with E-state index in [1.165, 1.54) is 10.6 Å². The van der Waals surface area contributed by atoms with Crippen molar-refractivity contribution < 1.29 is 13.2 Å². The molecule has 0 unspecified atom stereocenters. The van der Waals surface area contributed by atoms with Gasteiger partial charge in [0.25, 0.3) is 0 Å². The second-order valence-electron chi connectivity index (χ2n) is 6.31. The van der Waals surface area contributed by atoms with Gasteiger partial charge in [0.2, 0.25) is 5.65 Å². The molecule has 1 saturated heterocycles. The molecular weight excluding hydrogens is 377 g/mol. The fourth-order valence-electron chi connectivity index (χ4n) is 3.34. The molecule has 1 aromatic carbocycles. The normalized spacial score (nSPS) is 15.6. The number of anilines is 1. The zero-order chi connectivity index (χ0) is 19.3. The predicted molar refractivity (Wildman–Crippen MR) is 91.5 cm³/mol. The average Bonchev–Trinajstić information content (AvgIpc) is 3.38. The van der Waals surface area contributed by atoms with Crippen LogP contribution < -0.4 is 10.2 Å². The van der Waals surface area contributed by atoms with Gasteiger partial charge in [-0.2, -0.15) is 22.8 Å². The number of aromatic amines is 1. The molecule has 2 N–H and O–H groups in total. The van der Waals surface area contributed by atoms with E-state index in [2.05, 4.69) is 41.0 Å². The number of alkyl halides is 3. The lowest BCUT2D eigenvalue weighted by atomic mass is 10.0. The van der Waals surface area contributed by atoms with Crippen molar-refractivity contribution in [1.29, 1.82) is 0 Å². The molecule has 0 atom stereocenters. The van der Waals surface area contributed by atoms with Gasteiger partial charge in [0.1, 0.15) is 6.33 Å². The van der Waals surface area contributed by atoms with E-state index in [1.54, 1.807) is 0 Å². The molecule has 144 valence electrons. The summed E-state index contributed by atoms with van der Waals surface area (Å²) in [5.41, 5.74) is -0.203. The Hall–Kier alpha value is -3.35. The fourth-order valence-corrected chi connectivity index (χ4v) is 3.34. The van der Waals surface area contributed by atoms with Gasteiger partial charge in [-0.15, -0.1) is 5.10 Å². The van der Waals surface area contributed by atoms with Crippen molar-refractivity contribution in [2.24, 2.45) is 0 Å². The van der Waals surface area contributed by atoms with Crippen LogP contribution in [-0.4, -0.2) is 66.4 Å². The smallest absolute Gasteiger partial charge is 0.351 e. The molecule has 13 heteroatoms. The molecule has 0 aliphatic carbocycles. The molecule has 1 aliphatic heterocycles. The van der Waals surface area contributed by atoms with E-state index in [0.717, 1.165) is 25.5 Å². The summed E-state index contributed by atoms with van der Waals surface area (Å²) in [4.78, 5) is 10.5. The number of fused-ring (bicyclic) bond motifs is 3. The Morgan fingerprint density at radius 1 is 1.11 bits per heavy atom. The van der Waals surface area contributed by atoms with Crippen molar-refractivity contribution in [2.45, 2.75) is 6.18 Å². The molecule has 1 fully saturated rings. The topological polar surface area (TPSA) is 113 Å². The summed E-state index contributed by atoms with van der Waals surface area (Å²) < 4.78 is 42.4. The van der Waals surface area contributed by atoms with Crippen LogP contribution in [0.1, 0.15) is 5.56 Å². The number of hydrogen-bond acceptors (Lipinski definition) is 8. The van der Waals surface area contributed by atoms with Gasteiger partial charge in [0.15, 0.2) is 11.6 Å².